The zero-order valence-corrected chi connectivity index (χ0v) is 11.4. The molecule has 0 bridgehead atoms. The van der Waals surface area contributed by atoms with E-state index >= 15 is 0 Å². The fourth-order valence-electron chi connectivity index (χ4n) is 2.79. The van der Waals surface area contributed by atoms with Crippen LogP contribution in [0, 0.1) is 11.7 Å². The van der Waals surface area contributed by atoms with Crippen molar-refractivity contribution in [2.24, 2.45) is 5.92 Å². The van der Waals surface area contributed by atoms with Gasteiger partial charge in [0.25, 0.3) is 0 Å². The minimum Gasteiger partial charge on any atom is -0.449 e. The van der Waals surface area contributed by atoms with Gasteiger partial charge in [-0.15, -0.1) is 0 Å². The van der Waals surface area contributed by atoms with Crippen molar-refractivity contribution in [3.05, 3.63) is 35.8 Å². The number of hydrogen-bond acceptors (Lipinski definition) is 3. The van der Waals surface area contributed by atoms with Crippen LogP contribution in [0.25, 0.3) is 5.57 Å². The summed E-state index contributed by atoms with van der Waals surface area (Å²) in [7, 11) is 0. The van der Waals surface area contributed by atoms with Crippen molar-refractivity contribution in [2.75, 3.05) is 25.0 Å². The highest BCUT2D eigenvalue weighted by atomic mass is 19.1. The van der Waals surface area contributed by atoms with Gasteiger partial charge < -0.3 is 10.1 Å². The van der Waals surface area contributed by atoms with Crippen molar-refractivity contribution in [1.82, 2.24) is 4.90 Å². The Balaban J connectivity index is 1.95. The van der Waals surface area contributed by atoms with Crippen molar-refractivity contribution in [1.29, 1.82) is 0 Å². The Labute approximate surface area is 117 Å². The molecule has 3 rings (SSSR count). The van der Waals surface area contributed by atoms with Crippen LogP contribution in [-0.2, 0) is 4.74 Å². The maximum Gasteiger partial charge on any atom is 0.413 e. The van der Waals surface area contributed by atoms with Crippen LogP contribution < -0.4 is 5.32 Å². The third-order valence-electron chi connectivity index (χ3n) is 3.79. The van der Waals surface area contributed by atoms with E-state index in [1.807, 2.05) is 6.20 Å². The zero-order valence-electron chi connectivity index (χ0n) is 11.4. The van der Waals surface area contributed by atoms with Gasteiger partial charge in [-0.2, -0.15) is 0 Å². The minimum atomic E-state index is -0.319. The molecule has 1 aromatic carbocycles. The minimum absolute atomic E-state index is 0.256. The fraction of sp³-hybridized carbons (Fsp3) is 0.400. The zero-order chi connectivity index (χ0) is 14.1. The van der Waals surface area contributed by atoms with E-state index in [4.69, 9.17) is 4.74 Å². The van der Waals surface area contributed by atoms with Crippen LogP contribution in [0.1, 0.15) is 18.9 Å². The van der Waals surface area contributed by atoms with Crippen LogP contribution >= 0.6 is 0 Å². The average Bonchev–Trinajstić information content (AvgIpc) is 2.46. The molecule has 0 aromatic heterocycles. The maximum absolute atomic E-state index is 13.3. The summed E-state index contributed by atoms with van der Waals surface area (Å²) in [5.74, 6) is 0.104. The van der Waals surface area contributed by atoms with E-state index in [-0.39, 0.29) is 11.9 Å². The number of amides is 1. The van der Waals surface area contributed by atoms with Gasteiger partial charge in [0, 0.05) is 36.5 Å². The summed E-state index contributed by atoms with van der Waals surface area (Å²) in [6.45, 7) is 3.59. The number of halogens is 1. The summed E-state index contributed by atoms with van der Waals surface area (Å²) < 4.78 is 18.3. The number of anilines is 1. The number of nitrogens with one attached hydrogen (secondary N) is 1. The van der Waals surface area contributed by atoms with Gasteiger partial charge in [-0.1, -0.05) is 0 Å². The van der Waals surface area contributed by atoms with E-state index < -0.39 is 0 Å². The smallest absolute Gasteiger partial charge is 0.413 e. The number of carbonyl (C=O) groups excluding carboxylic acids is 1. The monoisotopic (exact) mass is 276 g/mol. The third-order valence-corrected chi connectivity index (χ3v) is 3.79. The van der Waals surface area contributed by atoms with Crippen molar-refractivity contribution in [2.45, 2.75) is 13.3 Å². The molecule has 106 valence electrons. The molecule has 2 aliphatic heterocycles. The Bertz CT molecular complexity index is 571. The van der Waals surface area contributed by atoms with E-state index in [0.717, 1.165) is 29.8 Å². The standard InChI is InChI=1S/C15H17FN2O2/c1-2-20-15(19)18-6-5-10-8-17-14-7-11(16)3-4-12(14)13(10)9-18/h3-4,7,9-10,17H,2,5-6,8H2,1H3. The number of benzene rings is 1. The topological polar surface area (TPSA) is 41.6 Å². The lowest BCUT2D eigenvalue weighted by atomic mass is 9.84. The molecule has 1 N–H and O–H groups in total. The Hall–Kier alpha value is -2.04. The van der Waals surface area contributed by atoms with Crippen LogP contribution in [0.3, 0.4) is 0 Å². The van der Waals surface area contributed by atoms with E-state index in [9.17, 15) is 9.18 Å². The van der Waals surface area contributed by atoms with Gasteiger partial charge >= 0.3 is 6.09 Å². The lowest BCUT2D eigenvalue weighted by Crippen LogP contribution is -2.36. The summed E-state index contributed by atoms with van der Waals surface area (Å²) in [6, 6.07) is 4.72. The second kappa shape index (κ2) is 5.15. The van der Waals surface area contributed by atoms with Crippen molar-refractivity contribution >= 4 is 17.4 Å². The molecule has 2 aliphatic rings. The molecule has 0 spiro atoms. The van der Waals surface area contributed by atoms with Crippen LogP contribution in [0.4, 0.5) is 14.9 Å². The largest absolute Gasteiger partial charge is 0.449 e. The summed E-state index contributed by atoms with van der Waals surface area (Å²) in [4.78, 5) is 13.4. The first-order chi connectivity index (χ1) is 9.69. The molecular formula is C15H17FN2O2. The highest BCUT2D eigenvalue weighted by molar-refractivity contribution is 5.83. The number of hydrogen-bond donors (Lipinski definition) is 1. The summed E-state index contributed by atoms with van der Waals surface area (Å²) in [5.41, 5.74) is 2.84. The highest BCUT2D eigenvalue weighted by Crippen LogP contribution is 2.38. The lowest BCUT2D eigenvalue weighted by Gasteiger charge is -2.35. The molecule has 0 saturated heterocycles. The SMILES string of the molecule is CCOC(=O)N1C=C2c3ccc(F)cc3NCC2CC1. The number of carbonyl (C=O) groups is 1. The molecule has 0 aliphatic carbocycles. The first-order valence-corrected chi connectivity index (χ1v) is 6.88. The van der Waals surface area contributed by atoms with E-state index in [0.29, 0.717) is 19.1 Å². The van der Waals surface area contributed by atoms with Crippen molar-refractivity contribution in [3.63, 3.8) is 0 Å². The number of ether oxygens (including phenoxy) is 1. The normalized spacial score (nSPS) is 20.4. The van der Waals surface area contributed by atoms with Gasteiger partial charge in [0.1, 0.15) is 5.82 Å². The van der Waals surface area contributed by atoms with Crippen LogP contribution in [-0.4, -0.2) is 30.7 Å². The Morgan fingerprint density at radius 2 is 2.40 bits per heavy atom. The van der Waals surface area contributed by atoms with Gasteiger partial charge in [-0.3, -0.25) is 4.90 Å². The first-order valence-electron chi connectivity index (χ1n) is 6.88. The molecule has 20 heavy (non-hydrogen) atoms. The van der Waals surface area contributed by atoms with Crippen LogP contribution in [0.2, 0.25) is 0 Å². The molecular weight excluding hydrogens is 259 g/mol. The predicted octanol–water partition coefficient (Wildman–Crippen LogP) is 3.07. The van der Waals surface area contributed by atoms with E-state index in [1.54, 1.807) is 17.9 Å². The lowest BCUT2D eigenvalue weighted by molar-refractivity contribution is 0.119. The maximum atomic E-state index is 13.3. The summed E-state index contributed by atoms with van der Waals surface area (Å²) in [6.07, 6.45) is 2.42. The highest BCUT2D eigenvalue weighted by Gasteiger charge is 2.30. The van der Waals surface area contributed by atoms with Gasteiger partial charge in [0.05, 0.1) is 6.61 Å². The van der Waals surface area contributed by atoms with Crippen molar-refractivity contribution in [3.8, 4) is 0 Å². The van der Waals surface area contributed by atoms with Gasteiger partial charge in [0.2, 0.25) is 0 Å². The van der Waals surface area contributed by atoms with Gasteiger partial charge in [0.15, 0.2) is 0 Å². The Kier molecular flexibility index (Phi) is 3.34. The predicted molar refractivity (Wildman–Crippen MR) is 74.7 cm³/mol. The molecule has 0 radical (unpaired) electrons. The molecule has 1 aromatic rings. The third kappa shape index (κ3) is 2.24. The molecule has 0 fully saturated rings. The second-order valence-electron chi connectivity index (χ2n) is 5.03. The molecule has 1 unspecified atom stereocenters. The number of rotatable bonds is 1. The van der Waals surface area contributed by atoms with Crippen LogP contribution in [0.15, 0.2) is 24.4 Å². The number of nitrogens with zero attached hydrogens (tertiary/aromatic N) is 1. The molecule has 1 atom stereocenters. The number of fused-ring (bicyclic) bond motifs is 3. The van der Waals surface area contributed by atoms with Gasteiger partial charge in [-0.25, -0.2) is 9.18 Å². The summed E-state index contributed by atoms with van der Waals surface area (Å²) in [5, 5.41) is 3.26. The molecule has 5 heteroatoms. The van der Waals surface area contributed by atoms with Crippen molar-refractivity contribution < 1.29 is 13.9 Å². The second-order valence-corrected chi connectivity index (χ2v) is 5.03. The Morgan fingerprint density at radius 3 is 3.20 bits per heavy atom. The van der Waals surface area contributed by atoms with E-state index in [2.05, 4.69) is 5.32 Å². The quantitative estimate of drug-likeness (QED) is 0.857. The molecule has 2 heterocycles. The summed E-state index contributed by atoms with van der Waals surface area (Å²) >= 11 is 0. The average molecular weight is 276 g/mol. The molecule has 4 nitrogen and oxygen atoms in total. The van der Waals surface area contributed by atoms with Gasteiger partial charge in [-0.05, 0) is 37.1 Å². The fourth-order valence-corrected chi connectivity index (χ4v) is 2.79. The molecule has 1 amide bonds. The molecule has 0 saturated carbocycles. The van der Waals surface area contributed by atoms with E-state index in [1.165, 1.54) is 12.1 Å². The Morgan fingerprint density at radius 1 is 1.55 bits per heavy atom. The first kappa shape index (κ1) is 13.0. The van der Waals surface area contributed by atoms with Crippen LogP contribution in [0.5, 0.6) is 0 Å².